The molecule has 0 saturated heterocycles. The number of carbonyl (C=O) groups is 1. The number of rotatable bonds is 5. The van der Waals surface area contributed by atoms with Crippen molar-refractivity contribution in [2.75, 3.05) is 12.1 Å². The number of para-hydroxylation sites is 1. The zero-order valence-corrected chi connectivity index (χ0v) is 19.6. The molecule has 1 N–H and O–H groups in total. The molecule has 4 nitrogen and oxygen atoms in total. The average molecular weight is 470 g/mol. The summed E-state index contributed by atoms with van der Waals surface area (Å²) in [5.41, 5.74) is 2.82. The van der Waals surface area contributed by atoms with Crippen LogP contribution in [-0.4, -0.2) is 12.7 Å². The Kier molecular flexibility index (Phi) is 5.39. The molecular weight excluding hydrogens is 442 g/mol. The van der Waals surface area contributed by atoms with E-state index in [0.717, 1.165) is 64.5 Å². The largest absolute Gasteiger partial charge is 0.467 e. The van der Waals surface area contributed by atoms with Gasteiger partial charge in [-0.3, -0.25) is 4.79 Å². The van der Waals surface area contributed by atoms with Crippen molar-refractivity contribution in [3.63, 3.8) is 0 Å². The third-order valence-electron chi connectivity index (χ3n) is 7.79. The highest BCUT2D eigenvalue weighted by Gasteiger charge is 2.54. The number of carbonyl (C=O) groups excluding carboxylic acids is 1. The van der Waals surface area contributed by atoms with Gasteiger partial charge in [0.1, 0.15) is 5.75 Å². The van der Waals surface area contributed by atoms with Gasteiger partial charge in [-0.25, -0.2) is 0 Å². The van der Waals surface area contributed by atoms with Gasteiger partial charge in [-0.05, 0) is 80.5 Å². The second-order valence-electron chi connectivity index (χ2n) is 10.1. The first-order chi connectivity index (χ1) is 15.6. The van der Waals surface area contributed by atoms with Gasteiger partial charge in [-0.15, -0.1) is 11.8 Å². The van der Waals surface area contributed by atoms with Crippen LogP contribution in [0.4, 0.5) is 5.69 Å². The molecule has 5 aliphatic rings. The van der Waals surface area contributed by atoms with Crippen LogP contribution in [0.2, 0.25) is 5.02 Å². The molecule has 32 heavy (non-hydrogen) atoms. The van der Waals surface area contributed by atoms with Crippen LogP contribution >= 0.6 is 23.4 Å². The lowest BCUT2D eigenvalue weighted by molar-refractivity contribution is -0.140. The van der Waals surface area contributed by atoms with Crippen molar-refractivity contribution >= 4 is 35.0 Å². The van der Waals surface area contributed by atoms with Crippen LogP contribution in [0.3, 0.4) is 0 Å². The third-order valence-corrected chi connectivity index (χ3v) is 9.13. The van der Waals surface area contributed by atoms with Crippen molar-refractivity contribution in [1.29, 1.82) is 0 Å². The van der Waals surface area contributed by atoms with E-state index < -0.39 is 0 Å². The number of hydrogen-bond acceptors (Lipinski definition) is 4. The molecule has 6 heteroatoms. The fourth-order valence-corrected chi connectivity index (χ4v) is 8.10. The first kappa shape index (κ1) is 20.9. The van der Waals surface area contributed by atoms with Crippen LogP contribution in [0.5, 0.6) is 5.75 Å². The maximum atomic E-state index is 13.6. The normalized spacial score (nSPS) is 30.0. The van der Waals surface area contributed by atoms with E-state index in [4.69, 9.17) is 21.1 Å². The lowest BCUT2D eigenvalue weighted by atomic mass is 9.49. The van der Waals surface area contributed by atoms with Gasteiger partial charge in [-0.1, -0.05) is 23.7 Å². The summed E-state index contributed by atoms with van der Waals surface area (Å²) in [5, 5.41) is 4.03. The van der Waals surface area contributed by atoms with Gasteiger partial charge in [0.15, 0.2) is 6.79 Å². The minimum atomic E-state index is -0.146. The molecule has 0 spiro atoms. The van der Waals surface area contributed by atoms with E-state index in [2.05, 4.69) is 11.4 Å². The maximum Gasteiger partial charge on any atom is 0.230 e. The molecule has 0 aromatic heterocycles. The van der Waals surface area contributed by atoms with E-state index in [1.54, 1.807) is 11.8 Å². The Balaban J connectivity index is 1.20. The Labute approximate surface area is 198 Å². The average Bonchev–Trinajstić information content (AvgIpc) is 2.77. The van der Waals surface area contributed by atoms with Crippen LogP contribution in [0.1, 0.15) is 49.7 Å². The van der Waals surface area contributed by atoms with Gasteiger partial charge in [0.05, 0.1) is 17.7 Å². The molecule has 168 valence electrons. The fourth-order valence-electron chi connectivity index (χ4n) is 6.86. The molecule has 1 heterocycles. The molecular formula is C26H28ClNO3S. The molecule has 2 aromatic carbocycles. The highest BCUT2D eigenvalue weighted by molar-refractivity contribution is 7.98. The van der Waals surface area contributed by atoms with Crippen molar-refractivity contribution in [3.05, 3.63) is 52.5 Å². The van der Waals surface area contributed by atoms with Gasteiger partial charge in [0.25, 0.3) is 0 Å². The fraction of sp³-hybridized carbons (Fsp3) is 0.500. The van der Waals surface area contributed by atoms with Crippen LogP contribution in [-0.2, 0) is 21.9 Å². The lowest BCUT2D eigenvalue weighted by Gasteiger charge is -2.55. The maximum absolute atomic E-state index is 13.6. The smallest absolute Gasteiger partial charge is 0.230 e. The first-order valence-corrected chi connectivity index (χ1v) is 13.0. The Morgan fingerprint density at radius 3 is 2.56 bits per heavy atom. The predicted octanol–water partition coefficient (Wildman–Crippen LogP) is 6.65. The summed E-state index contributed by atoms with van der Waals surface area (Å²) in [7, 11) is 0. The highest BCUT2D eigenvalue weighted by Crippen LogP contribution is 2.60. The van der Waals surface area contributed by atoms with Crippen molar-refractivity contribution in [2.24, 2.45) is 23.2 Å². The van der Waals surface area contributed by atoms with Crippen LogP contribution < -0.4 is 10.1 Å². The molecule has 0 unspecified atom stereocenters. The van der Waals surface area contributed by atoms with E-state index in [1.807, 2.05) is 30.3 Å². The Morgan fingerprint density at radius 1 is 1.09 bits per heavy atom. The van der Waals surface area contributed by atoms with Gasteiger partial charge >= 0.3 is 0 Å². The van der Waals surface area contributed by atoms with E-state index in [-0.39, 0.29) is 18.1 Å². The number of benzene rings is 2. The number of ether oxygens (including phenoxy) is 2. The molecule has 1 aliphatic heterocycles. The summed E-state index contributed by atoms with van der Waals surface area (Å²) in [5.74, 6) is 4.11. The predicted molar refractivity (Wildman–Crippen MR) is 127 cm³/mol. The van der Waals surface area contributed by atoms with Crippen molar-refractivity contribution in [3.8, 4) is 5.75 Å². The molecule has 4 aliphatic carbocycles. The molecule has 4 bridgehead atoms. The molecule has 0 atom stereocenters. The second-order valence-corrected chi connectivity index (χ2v) is 11.6. The molecule has 1 amide bonds. The summed E-state index contributed by atoms with van der Waals surface area (Å²) < 4.78 is 11.2. The van der Waals surface area contributed by atoms with E-state index in [0.29, 0.717) is 17.4 Å². The van der Waals surface area contributed by atoms with Gasteiger partial charge in [0.2, 0.25) is 5.91 Å². The van der Waals surface area contributed by atoms with E-state index in [1.165, 1.54) is 19.3 Å². The zero-order valence-electron chi connectivity index (χ0n) is 18.1. The van der Waals surface area contributed by atoms with Crippen LogP contribution in [0.25, 0.3) is 0 Å². The first-order valence-electron chi connectivity index (χ1n) is 11.6. The number of halogens is 1. The zero-order chi connectivity index (χ0) is 21.7. The summed E-state index contributed by atoms with van der Waals surface area (Å²) in [6.07, 6.45) is 7.26. The van der Waals surface area contributed by atoms with Crippen LogP contribution in [0.15, 0.2) is 41.3 Å². The second kappa shape index (κ2) is 8.27. The van der Waals surface area contributed by atoms with Crippen LogP contribution in [0, 0.1) is 23.2 Å². The number of amides is 1. The number of fused-ring (bicyclic) bond motifs is 1. The number of anilines is 1. The number of hydrogen-bond donors (Lipinski definition) is 1. The molecule has 0 radical (unpaired) electrons. The topological polar surface area (TPSA) is 47.6 Å². The standard InChI is InChI=1S/C26H28ClNO3S/c27-21-8-19-13-30-15-31-24(19)20(9-21)14-32-23-4-2-1-3-22(23)28-25(29)26-10-16-5-17(11-26)7-18(6-16)12-26/h1-4,8-9,16-18H,5-7,10-15H2,(H,28,29). The monoisotopic (exact) mass is 469 g/mol. The van der Waals surface area contributed by atoms with E-state index >= 15 is 0 Å². The van der Waals surface area contributed by atoms with Crippen molar-refractivity contribution < 1.29 is 14.3 Å². The summed E-state index contributed by atoms with van der Waals surface area (Å²) in [6, 6.07) is 12.0. The lowest BCUT2D eigenvalue weighted by Crippen LogP contribution is -2.51. The SMILES string of the molecule is O=C(Nc1ccccc1SCc1cc(Cl)cc2c1OCOC2)C12CC3CC(CC(C3)C1)C2. The molecule has 4 fully saturated rings. The minimum Gasteiger partial charge on any atom is -0.467 e. The summed E-state index contributed by atoms with van der Waals surface area (Å²) >= 11 is 8.04. The Hall–Kier alpha value is -1.69. The number of thioether (sulfide) groups is 1. The van der Waals surface area contributed by atoms with E-state index in [9.17, 15) is 4.79 Å². The summed E-state index contributed by atoms with van der Waals surface area (Å²) in [6.45, 7) is 0.787. The Morgan fingerprint density at radius 2 is 1.81 bits per heavy atom. The number of nitrogens with one attached hydrogen (secondary N) is 1. The van der Waals surface area contributed by atoms with Gasteiger partial charge in [-0.2, -0.15) is 0 Å². The highest BCUT2D eigenvalue weighted by atomic mass is 35.5. The van der Waals surface area contributed by atoms with Crippen molar-refractivity contribution in [2.45, 2.75) is 55.8 Å². The molecule has 7 rings (SSSR count). The third kappa shape index (κ3) is 3.82. The molecule has 4 saturated carbocycles. The minimum absolute atomic E-state index is 0.146. The van der Waals surface area contributed by atoms with Gasteiger partial charge in [0, 0.05) is 26.8 Å². The molecule has 2 aromatic rings. The van der Waals surface area contributed by atoms with Crippen molar-refractivity contribution in [1.82, 2.24) is 0 Å². The Bertz CT molecular complexity index is 1020. The van der Waals surface area contributed by atoms with Gasteiger partial charge < -0.3 is 14.8 Å². The quantitative estimate of drug-likeness (QED) is 0.498. The summed E-state index contributed by atoms with van der Waals surface area (Å²) in [4.78, 5) is 14.6.